The predicted molar refractivity (Wildman–Crippen MR) is 99.1 cm³/mol. The third-order valence-electron chi connectivity index (χ3n) is 4.25. The molecule has 0 saturated heterocycles. The predicted octanol–water partition coefficient (Wildman–Crippen LogP) is 3.31. The molecular formula is C20H24N4O. The van der Waals surface area contributed by atoms with E-state index in [2.05, 4.69) is 34.3 Å². The Bertz CT molecular complexity index is 811. The first kappa shape index (κ1) is 17.2. The maximum atomic E-state index is 5.42. The van der Waals surface area contributed by atoms with Gasteiger partial charge in [-0.05, 0) is 43.5 Å². The third kappa shape index (κ3) is 4.25. The molecule has 1 unspecified atom stereocenters. The number of para-hydroxylation sites is 1. The number of hydrogen-bond donors (Lipinski definition) is 1. The summed E-state index contributed by atoms with van der Waals surface area (Å²) in [6, 6.07) is 12.6. The van der Waals surface area contributed by atoms with Crippen molar-refractivity contribution in [2.45, 2.75) is 32.9 Å². The maximum Gasteiger partial charge on any atom is 0.137 e. The minimum Gasteiger partial charge on any atom is -0.496 e. The molecule has 2 aromatic heterocycles. The number of aryl methyl sites for hydroxylation is 1. The van der Waals surface area contributed by atoms with Gasteiger partial charge in [0.05, 0.1) is 7.11 Å². The first-order valence-corrected chi connectivity index (χ1v) is 8.48. The highest BCUT2D eigenvalue weighted by Crippen LogP contribution is 2.19. The van der Waals surface area contributed by atoms with Crippen LogP contribution in [-0.4, -0.2) is 27.7 Å². The number of nitrogens with one attached hydrogen (secondary N) is 1. The summed E-state index contributed by atoms with van der Waals surface area (Å²) < 4.78 is 7.40. The van der Waals surface area contributed by atoms with E-state index in [0.29, 0.717) is 6.04 Å². The first-order valence-electron chi connectivity index (χ1n) is 8.48. The quantitative estimate of drug-likeness (QED) is 0.719. The summed E-state index contributed by atoms with van der Waals surface area (Å²) in [5.74, 6) is 2.77. The number of imidazole rings is 1. The molecule has 5 heteroatoms. The first-order chi connectivity index (χ1) is 12.2. The third-order valence-corrected chi connectivity index (χ3v) is 4.25. The van der Waals surface area contributed by atoms with E-state index in [1.807, 2.05) is 48.1 Å². The molecule has 2 heterocycles. The van der Waals surface area contributed by atoms with E-state index in [-0.39, 0.29) is 0 Å². The van der Waals surface area contributed by atoms with Gasteiger partial charge in [-0.2, -0.15) is 0 Å². The second-order valence-electron chi connectivity index (χ2n) is 6.17. The standard InChI is InChI=1S/C20H24N4O/c1-15(12-18-6-4-5-7-19(18)25-3)22-13-17-8-9-20(23-14-17)24-11-10-21-16(24)2/h4-11,14-15,22H,12-13H2,1-3H3. The molecule has 1 atom stereocenters. The van der Waals surface area contributed by atoms with Gasteiger partial charge in [-0.3, -0.25) is 4.57 Å². The Labute approximate surface area is 148 Å². The van der Waals surface area contributed by atoms with E-state index in [1.165, 1.54) is 5.56 Å². The Hall–Kier alpha value is -2.66. The Morgan fingerprint density at radius 1 is 1.16 bits per heavy atom. The number of nitrogens with zero attached hydrogens (tertiary/aromatic N) is 3. The fraction of sp³-hybridized carbons (Fsp3) is 0.300. The summed E-state index contributed by atoms with van der Waals surface area (Å²) >= 11 is 0. The summed E-state index contributed by atoms with van der Waals surface area (Å²) in [5, 5.41) is 3.55. The zero-order chi connectivity index (χ0) is 17.6. The van der Waals surface area contributed by atoms with Crippen LogP contribution in [0.15, 0.2) is 55.0 Å². The molecule has 0 saturated carbocycles. The van der Waals surface area contributed by atoms with Crippen molar-refractivity contribution in [2.75, 3.05) is 7.11 Å². The van der Waals surface area contributed by atoms with Gasteiger partial charge in [-0.15, -0.1) is 0 Å². The summed E-state index contributed by atoms with van der Waals surface area (Å²) in [7, 11) is 1.71. The van der Waals surface area contributed by atoms with Crippen LogP contribution in [0.1, 0.15) is 23.9 Å². The van der Waals surface area contributed by atoms with E-state index < -0.39 is 0 Å². The molecule has 5 nitrogen and oxygen atoms in total. The van der Waals surface area contributed by atoms with E-state index in [1.54, 1.807) is 13.3 Å². The van der Waals surface area contributed by atoms with Crippen molar-refractivity contribution >= 4 is 0 Å². The number of rotatable bonds is 7. The van der Waals surface area contributed by atoms with Crippen molar-refractivity contribution in [1.29, 1.82) is 0 Å². The van der Waals surface area contributed by atoms with Crippen LogP contribution in [0.3, 0.4) is 0 Å². The van der Waals surface area contributed by atoms with Crippen LogP contribution >= 0.6 is 0 Å². The summed E-state index contributed by atoms with van der Waals surface area (Å²) in [5.41, 5.74) is 2.38. The average Bonchev–Trinajstić information content (AvgIpc) is 3.07. The van der Waals surface area contributed by atoms with E-state index in [4.69, 9.17) is 4.74 Å². The van der Waals surface area contributed by atoms with Gasteiger partial charge in [-0.25, -0.2) is 9.97 Å². The molecular weight excluding hydrogens is 312 g/mol. The van der Waals surface area contributed by atoms with Gasteiger partial charge in [0.25, 0.3) is 0 Å². The van der Waals surface area contributed by atoms with Crippen LogP contribution in [0.5, 0.6) is 5.75 Å². The van der Waals surface area contributed by atoms with Gasteiger partial charge in [0.2, 0.25) is 0 Å². The summed E-state index contributed by atoms with van der Waals surface area (Å²) in [6.07, 6.45) is 6.54. The molecule has 0 bridgehead atoms. The van der Waals surface area contributed by atoms with Gasteiger partial charge in [0.1, 0.15) is 17.4 Å². The highest BCUT2D eigenvalue weighted by Gasteiger charge is 2.08. The normalized spacial score (nSPS) is 12.1. The highest BCUT2D eigenvalue weighted by molar-refractivity contribution is 5.34. The van der Waals surface area contributed by atoms with E-state index in [9.17, 15) is 0 Å². The molecule has 130 valence electrons. The second kappa shape index (κ2) is 7.94. The van der Waals surface area contributed by atoms with Crippen LogP contribution in [0.25, 0.3) is 5.82 Å². The number of hydrogen-bond acceptors (Lipinski definition) is 4. The second-order valence-corrected chi connectivity index (χ2v) is 6.17. The molecule has 0 amide bonds. The lowest BCUT2D eigenvalue weighted by Crippen LogP contribution is -2.27. The molecule has 0 spiro atoms. The van der Waals surface area contributed by atoms with Gasteiger partial charge in [0.15, 0.2) is 0 Å². The molecule has 1 aromatic carbocycles. The summed E-state index contributed by atoms with van der Waals surface area (Å²) in [4.78, 5) is 8.76. The highest BCUT2D eigenvalue weighted by atomic mass is 16.5. The molecule has 0 aliphatic rings. The Balaban J connectivity index is 1.57. The monoisotopic (exact) mass is 336 g/mol. The molecule has 25 heavy (non-hydrogen) atoms. The minimum absolute atomic E-state index is 0.340. The molecule has 0 radical (unpaired) electrons. The number of methoxy groups -OCH3 is 1. The fourth-order valence-electron chi connectivity index (χ4n) is 2.85. The van der Waals surface area contributed by atoms with Crippen molar-refractivity contribution in [3.63, 3.8) is 0 Å². The number of benzene rings is 1. The van der Waals surface area contributed by atoms with Gasteiger partial charge in [-0.1, -0.05) is 24.3 Å². The van der Waals surface area contributed by atoms with Crippen molar-refractivity contribution in [1.82, 2.24) is 19.9 Å². The number of aromatic nitrogens is 3. The Kier molecular flexibility index (Phi) is 5.46. The Morgan fingerprint density at radius 3 is 2.68 bits per heavy atom. The molecule has 3 rings (SSSR count). The maximum absolute atomic E-state index is 5.42. The van der Waals surface area contributed by atoms with E-state index in [0.717, 1.165) is 35.9 Å². The van der Waals surface area contributed by atoms with E-state index >= 15 is 0 Å². The lowest BCUT2D eigenvalue weighted by atomic mass is 10.1. The largest absolute Gasteiger partial charge is 0.496 e. The minimum atomic E-state index is 0.340. The van der Waals surface area contributed by atoms with Gasteiger partial charge in [0, 0.05) is 31.2 Å². The van der Waals surface area contributed by atoms with Crippen molar-refractivity contribution < 1.29 is 4.74 Å². The zero-order valence-electron chi connectivity index (χ0n) is 14.9. The Morgan fingerprint density at radius 2 is 2.00 bits per heavy atom. The van der Waals surface area contributed by atoms with Crippen LogP contribution < -0.4 is 10.1 Å². The van der Waals surface area contributed by atoms with Crippen molar-refractivity contribution in [3.8, 4) is 11.6 Å². The van der Waals surface area contributed by atoms with Crippen LogP contribution in [0.4, 0.5) is 0 Å². The lowest BCUT2D eigenvalue weighted by molar-refractivity contribution is 0.406. The molecule has 3 aromatic rings. The van der Waals surface area contributed by atoms with Gasteiger partial charge < -0.3 is 10.1 Å². The molecule has 0 aliphatic carbocycles. The topological polar surface area (TPSA) is 52.0 Å². The smallest absolute Gasteiger partial charge is 0.137 e. The van der Waals surface area contributed by atoms with Crippen LogP contribution in [0, 0.1) is 6.92 Å². The zero-order valence-corrected chi connectivity index (χ0v) is 14.9. The van der Waals surface area contributed by atoms with Crippen LogP contribution in [-0.2, 0) is 13.0 Å². The fourth-order valence-corrected chi connectivity index (χ4v) is 2.85. The SMILES string of the molecule is COc1ccccc1CC(C)NCc1ccc(-n2ccnc2C)nc1. The summed E-state index contributed by atoms with van der Waals surface area (Å²) in [6.45, 7) is 4.94. The van der Waals surface area contributed by atoms with Crippen molar-refractivity contribution in [3.05, 3.63) is 71.9 Å². The molecule has 0 fully saturated rings. The number of ether oxygens (including phenoxy) is 1. The lowest BCUT2D eigenvalue weighted by Gasteiger charge is -2.16. The molecule has 1 N–H and O–H groups in total. The molecule has 0 aliphatic heterocycles. The van der Waals surface area contributed by atoms with Crippen LogP contribution in [0.2, 0.25) is 0 Å². The number of pyridine rings is 1. The average molecular weight is 336 g/mol. The van der Waals surface area contributed by atoms with Gasteiger partial charge >= 0.3 is 0 Å². The van der Waals surface area contributed by atoms with Crippen molar-refractivity contribution in [2.24, 2.45) is 0 Å².